The molecule has 2 aliphatic heterocycles. The Morgan fingerprint density at radius 1 is 0.776 bits per heavy atom. The summed E-state index contributed by atoms with van der Waals surface area (Å²) in [6.07, 6.45) is 12.2. The quantitative estimate of drug-likeness (QED) is 0.0277. The maximum atomic E-state index is 13.1. The Bertz CT molecular complexity index is 2910. The van der Waals surface area contributed by atoms with Crippen LogP contribution >= 0.6 is 0 Å². The lowest BCUT2D eigenvalue weighted by atomic mass is 9.79. The molecule has 0 saturated heterocycles. The maximum Gasteiger partial charge on any atom is 0.227 e. The number of carbonyl (C=O) groups excluding carboxylic acids is 3. The van der Waals surface area contributed by atoms with E-state index in [2.05, 4.69) is 121 Å². The first-order chi connectivity index (χ1) is 32.0. The van der Waals surface area contributed by atoms with Crippen molar-refractivity contribution in [3.63, 3.8) is 0 Å². The summed E-state index contributed by atoms with van der Waals surface area (Å²) in [4.78, 5) is 41.4. The van der Waals surface area contributed by atoms with Crippen molar-refractivity contribution in [3.05, 3.63) is 179 Å². The van der Waals surface area contributed by atoms with Gasteiger partial charge in [-0.2, -0.15) is 4.58 Å². The number of benzene rings is 5. The molecule has 0 fully saturated rings. The van der Waals surface area contributed by atoms with Crippen LogP contribution in [0.25, 0.3) is 10.8 Å². The highest BCUT2D eigenvalue weighted by Gasteiger charge is 2.45. The molecule has 5 aromatic carbocycles. The van der Waals surface area contributed by atoms with Gasteiger partial charge in [0, 0.05) is 77.4 Å². The van der Waals surface area contributed by atoms with Crippen LogP contribution in [0.5, 0.6) is 0 Å². The molecule has 1 atom stereocenters. The van der Waals surface area contributed by atoms with E-state index in [1.807, 2.05) is 49.4 Å². The first-order valence-electron chi connectivity index (χ1n) is 23.3. The fourth-order valence-corrected chi connectivity index (χ4v) is 10.2. The van der Waals surface area contributed by atoms with E-state index in [1.54, 1.807) is 30.3 Å². The monoisotopic (exact) mass is 918 g/mol. The van der Waals surface area contributed by atoms with E-state index in [0.29, 0.717) is 50.0 Å². The Balaban J connectivity index is 0.950. The largest absolute Gasteiger partial charge is 0.748 e. The number of fused-ring (bicyclic) bond motifs is 4. The average Bonchev–Trinajstić information content (AvgIpc) is 3.66. The number of unbranched alkanes of at least 4 members (excludes halogenated alkanes) is 1. The molecule has 2 heterocycles. The van der Waals surface area contributed by atoms with Crippen LogP contribution < -0.4 is 15.5 Å². The predicted octanol–water partition coefficient (Wildman–Crippen LogP) is 9.56. The minimum Gasteiger partial charge on any atom is -0.748 e. The number of ketones is 1. The van der Waals surface area contributed by atoms with Gasteiger partial charge in [0.05, 0.1) is 27.9 Å². The van der Waals surface area contributed by atoms with Crippen molar-refractivity contribution in [3.8, 4) is 0 Å². The molecule has 2 aliphatic rings. The predicted molar refractivity (Wildman–Crippen MR) is 268 cm³/mol. The third kappa shape index (κ3) is 10.9. The van der Waals surface area contributed by atoms with Crippen LogP contribution in [0.3, 0.4) is 0 Å². The fourth-order valence-electron chi connectivity index (χ4n) is 9.64. The van der Waals surface area contributed by atoms with Crippen molar-refractivity contribution < 1.29 is 31.9 Å². The fraction of sp³-hybridized carbons (Fsp3) is 0.321. The highest BCUT2D eigenvalue weighted by Crippen LogP contribution is 2.48. The number of likely N-dealkylation sites (N-methyl/N-ethyl adjacent to an activating group) is 1. The lowest BCUT2D eigenvalue weighted by molar-refractivity contribution is -0.438. The Morgan fingerprint density at radius 3 is 2.27 bits per heavy atom. The number of amides is 2. The van der Waals surface area contributed by atoms with Crippen molar-refractivity contribution in [2.24, 2.45) is 0 Å². The molecule has 5 aromatic rings. The van der Waals surface area contributed by atoms with E-state index in [1.165, 1.54) is 16.3 Å². The van der Waals surface area contributed by atoms with Gasteiger partial charge in [-0.1, -0.05) is 117 Å². The second-order valence-electron chi connectivity index (χ2n) is 18.5. The smallest absolute Gasteiger partial charge is 0.227 e. The summed E-state index contributed by atoms with van der Waals surface area (Å²) in [5.74, 6) is -1.12. The summed E-state index contributed by atoms with van der Waals surface area (Å²) in [7, 11) is -4.27. The van der Waals surface area contributed by atoms with Crippen LogP contribution in [0.1, 0.15) is 105 Å². The maximum absolute atomic E-state index is 13.1. The summed E-state index contributed by atoms with van der Waals surface area (Å²) < 4.78 is 36.3. The highest BCUT2D eigenvalue weighted by atomic mass is 32.2. The van der Waals surface area contributed by atoms with E-state index < -0.39 is 16.0 Å². The summed E-state index contributed by atoms with van der Waals surface area (Å²) in [6.45, 7) is 15.1. The number of carbonyl (C=O) groups is 3. The summed E-state index contributed by atoms with van der Waals surface area (Å²) in [5, 5.41) is 8.35. The number of nitrogens with one attached hydrogen (secondary N) is 2. The molecular weight excluding hydrogens is 857 g/mol. The summed E-state index contributed by atoms with van der Waals surface area (Å²) in [6, 6.07) is 35.2. The van der Waals surface area contributed by atoms with Crippen LogP contribution in [0, 0.1) is 0 Å². The van der Waals surface area contributed by atoms with Gasteiger partial charge in [-0.25, -0.2) is 8.42 Å². The van der Waals surface area contributed by atoms with E-state index in [4.69, 9.17) is 0 Å². The second kappa shape index (κ2) is 20.6. The summed E-state index contributed by atoms with van der Waals surface area (Å²) in [5.41, 5.74) is 9.08. The molecular formula is C56H62N4O6S. The molecule has 0 unspecified atom stereocenters. The van der Waals surface area contributed by atoms with Crippen LogP contribution in [-0.2, 0) is 37.0 Å². The molecule has 0 spiro atoms. The number of anilines is 1. The number of rotatable bonds is 19. The average molecular weight is 919 g/mol. The van der Waals surface area contributed by atoms with Crippen LogP contribution in [0.2, 0.25) is 0 Å². The third-order valence-electron chi connectivity index (χ3n) is 13.2. The molecule has 0 aromatic heterocycles. The zero-order chi connectivity index (χ0) is 47.9. The third-order valence-corrected chi connectivity index (χ3v) is 14.0. The Kier molecular flexibility index (Phi) is 14.9. The van der Waals surface area contributed by atoms with E-state index in [-0.39, 0.29) is 40.6 Å². The van der Waals surface area contributed by atoms with Gasteiger partial charge in [-0.05, 0) is 92.3 Å². The molecule has 0 saturated carbocycles. The minimum absolute atomic E-state index is 0.0817. The van der Waals surface area contributed by atoms with Crippen LogP contribution in [0.4, 0.5) is 11.4 Å². The van der Waals surface area contributed by atoms with Gasteiger partial charge >= 0.3 is 0 Å². The lowest BCUT2D eigenvalue weighted by Crippen LogP contribution is -2.32. The molecule has 0 radical (unpaired) electrons. The highest BCUT2D eigenvalue weighted by molar-refractivity contribution is 7.85. The Labute approximate surface area is 396 Å². The van der Waals surface area contributed by atoms with Gasteiger partial charge in [-0.3, -0.25) is 14.4 Å². The topological polar surface area (TPSA) is 139 Å². The Hall–Kier alpha value is -6.43. The zero-order valence-corrected chi connectivity index (χ0v) is 40.3. The SMILES string of the molecule is CCN1/C(=C/C=C/C=C/C2=[N+](CCCCS(=O)(=O)[O-])c3ccc4ccccc4c3C2(C)C)C(C)(C)c2cc(CC(=O)NCCCNC(=O)[C@@H](C)c3cccc(C(=O)c4ccccc4)c3)ccc21. The minimum atomic E-state index is -4.27. The number of allylic oxidation sites excluding steroid dienone is 6. The number of hydrogen-bond donors (Lipinski definition) is 2. The first kappa shape index (κ1) is 48.5. The van der Waals surface area contributed by atoms with Gasteiger partial charge < -0.3 is 20.1 Å². The van der Waals surface area contributed by atoms with Crippen molar-refractivity contribution in [1.82, 2.24) is 10.6 Å². The molecule has 67 heavy (non-hydrogen) atoms. The standard InChI is InChI=1S/C56H62N4O6S/c1-7-59-47-30-28-40(37-51(61)57-32-19-33-58-54(63)39(2)43-23-18-24-44(38-43)53(62)42-21-10-8-11-22-42)36-46(47)55(3,4)49(59)26-12-9-13-27-50-56(5,6)52-45-25-15-14-20-41(45)29-31-48(52)60(50)34-16-17-35-67(64,65)66/h8-15,18,20-31,36,38-39H,7,16-17,19,32-35,37H2,1-6H3,(H2-,57,58,61,63,64,65,66)/t39-/m0/s1. The lowest BCUT2D eigenvalue weighted by Gasteiger charge is -2.25. The van der Waals surface area contributed by atoms with Crippen molar-refractivity contribution in [2.75, 3.05) is 36.8 Å². The van der Waals surface area contributed by atoms with Gasteiger partial charge in [0.25, 0.3) is 0 Å². The van der Waals surface area contributed by atoms with Crippen LogP contribution in [0.15, 0.2) is 145 Å². The van der Waals surface area contributed by atoms with E-state index in [9.17, 15) is 27.4 Å². The Morgan fingerprint density at radius 2 is 1.51 bits per heavy atom. The molecule has 10 nitrogen and oxygen atoms in total. The zero-order valence-electron chi connectivity index (χ0n) is 39.5. The van der Waals surface area contributed by atoms with Gasteiger partial charge in [0.1, 0.15) is 6.54 Å². The summed E-state index contributed by atoms with van der Waals surface area (Å²) >= 11 is 0. The molecule has 11 heteroatoms. The molecule has 0 aliphatic carbocycles. The van der Waals surface area contributed by atoms with Gasteiger partial charge in [0.2, 0.25) is 17.5 Å². The van der Waals surface area contributed by atoms with E-state index in [0.717, 1.165) is 46.0 Å². The molecule has 7 rings (SSSR count). The molecule has 2 amide bonds. The van der Waals surface area contributed by atoms with E-state index >= 15 is 0 Å². The molecule has 2 N–H and O–H groups in total. The molecule has 0 bridgehead atoms. The normalized spacial score (nSPS) is 16.2. The van der Waals surface area contributed by atoms with Gasteiger partial charge in [-0.15, -0.1) is 0 Å². The van der Waals surface area contributed by atoms with Crippen LogP contribution in [-0.4, -0.2) is 72.8 Å². The van der Waals surface area contributed by atoms with Crippen molar-refractivity contribution in [2.45, 2.75) is 84.0 Å². The molecule has 348 valence electrons. The second-order valence-corrected chi connectivity index (χ2v) is 20.1. The number of nitrogens with zero attached hydrogens (tertiary/aromatic N) is 2. The van der Waals surface area contributed by atoms with Gasteiger partial charge in [0.15, 0.2) is 11.5 Å². The van der Waals surface area contributed by atoms with Crippen molar-refractivity contribution in [1.29, 1.82) is 0 Å². The van der Waals surface area contributed by atoms with Crippen molar-refractivity contribution >= 4 is 55.6 Å². The first-order valence-corrected chi connectivity index (χ1v) is 24.9. The number of hydrogen-bond acceptors (Lipinski definition) is 7.